The third-order valence-corrected chi connectivity index (χ3v) is 6.71. The number of nitrogens with one attached hydrogen (secondary N) is 2. The van der Waals surface area contributed by atoms with Gasteiger partial charge in [0.2, 0.25) is 5.43 Å². The maximum Gasteiger partial charge on any atom is 0.413 e. The van der Waals surface area contributed by atoms with Crippen LogP contribution in [-0.2, 0) is 16.1 Å². The average molecular weight is 590 g/mol. The number of halogens is 1. The molecule has 0 saturated carbocycles. The van der Waals surface area contributed by atoms with E-state index in [9.17, 15) is 14.4 Å². The average Bonchev–Trinajstić information content (AvgIpc) is 3.02. The first-order valence-electron chi connectivity index (χ1n) is 13.3. The predicted molar refractivity (Wildman–Crippen MR) is 154 cm³/mol. The molecule has 0 bridgehead atoms. The summed E-state index contributed by atoms with van der Waals surface area (Å²) in [7, 11) is 1.17. The van der Waals surface area contributed by atoms with E-state index < -0.39 is 23.3 Å². The van der Waals surface area contributed by atoms with Crippen LogP contribution in [0.4, 0.5) is 9.18 Å². The molecule has 1 aliphatic heterocycles. The molecule has 0 spiro atoms. The molecule has 1 aromatic heterocycles. The van der Waals surface area contributed by atoms with Crippen LogP contribution >= 0.6 is 0 Å². The molecule has 0 saturated heterocycles. The van der Waals surface area contributed by atoms with Gasteiger partial charge in [-0.3, -0.25) is 15.5 Å². The Hall–Kier alpha value is -5.39. The molecule has 12 heteroatoms. The number of carbonyl (C=O) groups is 2. The molecule has 0 aliphatic carbocycles. The van der Waals surface area contributed by atoms with Crippen LogP contribution in [0.1, 0.15) is 34.5 Å². The number of hydrogen-bond acceptors (Lipinski definition) is 9. The first-order valence-corrected chi connectivity index (χ1v) is 13.3. The van der Waals surface area contributed by atoms with E-state index in [2.05, 4.69) is 5.32 Å². The SMILES string of the molecule is COC(=O)c1cn2c3c(c(OCCOc4ccc(C(=N)NC(=O)OCc5ccccc5)cc4)c(F)cc3c1=O)OCC2C. The number of amidine groups is 1. The zero-order valence-electron chi connectivity index (χ0n) is 23.3. The van der Waals surface area contributed by atoms with Crippen molar-refractivity contribution in [3.8, 4) is 17.2 Å². The maximum atomic E-state index is 15.1. The van der Waals surface area contributed by atoms with E-state index >= 15 is 4.39 Å². The molecule has 1 atom stereocenters. The summed E-state index contributed by atoms with van der Waals surface area (Å²) in [6, 6.07) is 16.4. The number of amides is 1. The van der Waals surface area contributed by atoms with Crippen molar-refractivity contribution in [1.82, 2.24) is 9.88 Å². The largest absolute Gasteiger partial charge is 0.490 e. The number of pyridine rings is 1. The quantitative estimate of drug-likeness (QED) is 0.125. The van der Waals surface area contributed by atoms with Crippen molar-refractivity contribution >= 4 is 28.8 Å². The Morgan fingerprint density at radius 1 is 1.09 bits per heavy atom. The van der Waals surface area contributed by atoms with Crippen LogP contribution in [0.5, 0.6) is 17.2 Å². The molecule has 1 aliphatic rings. The molecule has 43 heavy (non-hydrogen) atoms. The van der Waals surface area contributed by atoms with E-state index in [4.69, 9.17) is 29.1 Å². The lowest BCUT2D eigenvalue weighted by atomic mass is 10.1. The highest BCUT2D eigenvalue weighted by Gasteiger charge is 2.29. The van der Waals surface area contributed by atoms with Crippen molar-refractivity contribution in [2.75, 3.05) is 26.9 Å². The van der Waals surface area contributed by atoms with Crippen LogP contribution in [0.2, 0.25) is 0 Å². The molecule has 3 aromatic carbocycles. The topological polar surface area (TPSA) is 138 Å². The highest BCUT2D eigenvalue weighted by Crippen LogP contribution is 2.41. The van der Waals surface area contributed by atoms with E-state index in [1.54, 1.807) is 28.8 Å². The van der Waals surface area contributed by atoms with Gasteiger partial charge in [-0.2, -0.15) is 0 Å². The van der Waals surface area contributed by atoms with Gasteiger partial charge in [0, 0.05) is 11.8 Å². The van der Waals surface area contributed by atoms with Crippen LogP contribution in [-0.4, -0.2) is 49.4 Å². The van der Waals surface area contributed by atoms with Gasteiger partial charge >= 0.3 is 12.1 Å². The minimum Gasteiger partial charge on any atom is -0.490 e. The van der Waals surface area contributed by atoms with Gasteiger partial charge in [-0.15, -0.1) is 0 Å². The monoisotopic (exact) mass is 589 g/mol. The van der Waals surface area contributed by atoms with E-state index in [1.807, 2.05) is 37.3 Å². The smallest absolute Gasteiger partial charge is 0.413 e. The molecule has 5 rings (SSSR count). The molecule has 11 nitrogen and oxygen atoms in total. The second-order valence-corrected chi connectivity index (χ2v) is 9.63. The van der Waals surface area contributed by atoms with Crippen molar-refractivity contribution < 1.29 is 37.7 Å². The van der Waals surface area contributed by atoms with Gasteiger partial charge in [0.1, 0.15) is 43.6 Å². The Morgan fingerprint density at radius 3 is 2.53 bits per heavy atom. The number of esters is 1. The maximum absolute atomic E-state index is 15.1. The van der Waals surface area contributed by atoms with E-state index in [-0.39, 0.29) is 60.8 Å². The van der Waals surface area contributed by atoms with Crippen molar-refractivity contribution in [2.45, 2.75) is 19.6 Å². The Balaban J connectivity index is 1.19. The number of methoxy groups -OCH3 is 1. The number of carbonyl (C=O) groups excluding carboxylic acids is 2. The summed E-state index contributed by atoms with van der Waals surface area (Å²) in [5, 5.41) is 10.5. The van der Waals surface area contributed by atoms with Crippen LogP contribution in [0.15, 0.2) is 71.7 Å². The third-order valence-electron chi connectivity index (χ3n) is 6.71. The van der Waals surface area contributed by atoms with E-state index in [0.29, 0.717) is 16.8 Å². The molecule has 0 fully saturated rings. The summed E-state index contributed by atoms with van der Waals surface area (Å²) in [6.07, 6.45) is 0.649. The number of ether oxygens (including phenoxy) is 5. The fourth-order valence-electron chi connectivity index (χ4n) is 4.55. The van der Waals surface area contributed by atoms with Crippen molar-refractivity contribution in [2.24, 2.45) is 0 Å². The standard InChI is InChI=1S/C31H28FN3O8/c1-18-16-42-28-25-22(26(36)23(15-35(18)25)30(37)39-2)14-24(32)27(28)41-13-12-40-21-10-8-20(9-11-21)29(33)34-31(38)43-17-19-6-4-3-5-7-19/h3-11,14-15,18H,12-13,16-17H2,1-2H3,(H2,33,34,38). The summed E-state index contributed by atoms with van der Waals surface area (Å²) in [4.78, 5) is 37.1. The van der Waals surface area contributed by atoms with Gasteiger partial charge in [-0.25, -0.2) is 14.0 Å². The van der Waals surface area contributed by atoms with E-state index in [1.165, 1.54) is 13.3 Å². The Labute approximate surface area is 245 Å². The molecule has 4 aromatic rings. The van der Waals surface area contributed by atoms with E-state index in [0.717, 1.165) is 11.6 Å². The van der Waals surface area contributed by atoms with Crippen molar-refractivity contribution in [3.05, 3.63) is 99.6 Å². The Morgan fingerprint density at radius 2 is 1.81 bits per heavy atom. The minimum atomic E-state index is -0.819. The van der Waals surface area contributed by atoms with Gasteiger partial charge in [-0.1, -0.05) is 30.3 Å². The van der Waals surface area contributed by atoms with Crippen LogP contribution in [0, 0.1) is 11.2 Å². The van der Waals surface area contributed by atoms with Gasteiger partial charge in [-0.05, 0) is 42.8 Å². The summed E-state index contributed by atoms with van der Waals surface area (Å²) in [5.74, 6) is -1.41. The molecule has 0 radical (unpaired) electrons. The highest BCUT2D eigenvalue weighted by atomic mass is 19.1. The fourth-order valence-corrected chi connectivity index (χ4v) is 4.55. The summed E-state index contributed by atoms with van der Waals surface area (Å²) in [5.41, 5.74) is 0.724. The summed E-state index contributed by atoms with van der Waals surface area (Å²) < 4.78 is 43.8. The number of hydrogen-bond donors (Lipinski definition) is 2. The number of benzene rings is 3. The molecule has 1 amide bonds. The third kappa shape index (κ3) is 6.27. The first kappa shape index (κ1) is 29.1. The summed E-state index contributed by atoms with van der Waals surface area (Å²) >= 11 is 0. The minimum absolute atomic E-state index is 0.0184. The summed E-state index contributed by atoms with van der Waals surface area (Å²) in [6.45, 7) is 2.09. The van der Waals surface area contributed by atoms with Gasteiger partial charge in [0.15, 0.2) is 17.3 Å². The number of nitrogens with zero attached hydrogens (tertiary/aromatic N) is 1. The lowest BCUT2D eigenvalue weighted by molar-refractivity contribution is 0.0598. The van der Waals surface area contributed by atoms with Crippen molar-refractivity contribution in [1.29, 1.82) is 5.41 Å². The lowest BCUT2D eigenvalue weighted by Crippen LogP contribution is -2.30. The second kappa shape index (κ2) is 12.6. The van der Waals surface area contributed by atoms with Gasteiger partial charge in [0.25, 0.3) is 0 Å². The normalized spacial score (nSPS) is 13.5. The zero-order chi connectivity index (χ0) is 30.5. The molecule has 1 unspecified atom stereocenters. The highest BCUT2D eigenvalue weighted by molar-refractivity contribution is 6.04. The number of alkyl carbamates (subject to hydrolysis) is 1. The Kier molecular flexibility index (Phi) is 8.56. The van der Waals surface area contributed by atoms with Gasteiger partial charge < -0.3 is 28.3 Å². The lowest BCUT2D eigenvalue weighted by Gasteiger charge is -2.28. The van der Waals surface area contributed by atoms with Gasteiger partial charge in [0.05, 0.1) is 24.1 Å². The molecule has 2 heterocycles. The Bertz CT molecular complexity index is 1740. The van der Waals surface area contributed by atoms with Crippen LogP contribution < -0.4 is 25.0 Å². The number of rotatable bonds is 9. The zero-order valence-corrected chi connectivity index (χ0v) is 23.3. The van der Waals surface area contributed by atoms with Crippen molar-refractivity contribution in [3.63, 3.8) is 0 Å². The molecular formula is C31H28FN3O8. The molecular weight excluding hydrogens is 561 g/mol. The number of aromatic nitrogens is 1. The van der Waals surface area contributed by atoms with Crippen LogP contribution in [0.25, 0.3) is 10.9 Å². The molecule has 222 valence electrons. The second-order valence-electron chi connectivity index (χ2n) is 9.63. The van der Waals surface area contributed by atoms with Crippen LogP contribution in [0.3, 0.4) is 0 Å². The molecule has 2 N–H and O–H groups in total. The fraction of sp³-hybridized carbons (Fsp3) is 0.226. The predicted octanol–water partition coefficient (Wildman–Crippen LogP) is 4.59. The first-order chi connectivity index (χ1) is 20.8.